The summed E-state index contributed by atoms with van der Waals surface area (Å²) in [5.41, 5.74) is 5.66. The van der Waals surface area contributed by atoms with Crippen molar-refractivity contribution in [1.82, 2.24) is 0 Å². The van der Waals surface area contributed by atoms with Crippen LogP contribution in [-0.2, 0) is 0 Å². The minimum Gasteiger partial charge on any atom is -0.434 e. The molecule has 0 saturated heterocycles. The molecule has 2 nitrogen and oxygen atoms in total. The molecular weight excluding hydrogens is 326 g/mol. The number of benzene rings is 1. The molecule has 0 aliphatic heterocycles. The molecule has 5 heteroatoms. The minimum atomic E-state index is -2.97. The predicted molar refractivity (Wildman–Crippen MR) is 96.4 cm³/mol. The van der Waals surface area contributed by atoms with Crippen LogP contribution in [0.25, 0.3) is 0 Å². The minimum absolute atomic E-state index is 0.0981. The Hall–Kier alpha value is -1.67. The zero-order valence-corrected chi connectivity index (χ0v) is 16.2. The van der Waals surface area contributed by atoms with E-state index in [0.717, 1.165) is 0 Å². The van der Waals surface area contributed by atoms with Gasteiger partial charge in [-0.15, -0.1) is 5.54 Å². The van der Waals surface area contributed by atoms with Gasteiger partial charge in [0.05, 0.1) is 5.56 Å². The molecule has 0 fully saturated rings. The summed E-state index contributed by atoms with van der Waals surface area (Å²) in [6.45, 7) is 10.3. The van der Waals surface area contributed by atoms with Gasteiger partial charge in [-0.05, 0) is 34.8 Å². The lowest BCUT2D eigenvalue weighted by molar-refractivity contribution is -0.0500. The van der Waals surface area contributed by atoms with Gasteiger partial charge in [-0.3, -0.25) is 4.79 Å². The molecule has 0 aliphatic rings. The number of rotatable bonds is 6. The van der Waals surface area contributed by atoms with E-state index in [4.69, 9.17) is 0 Å². The van der Waals surface area contributed by atoms with Crippen LogP contribution < -0.4 is 4.74 Å². The zero-order valence-electron chi connectivity index (χ0n) is 15.2. The topological polar surface area (TPSA) is 26.3 Å². The third kappa shape index (κ3) is 4.45. The molecule has 0 saturated carbocycles. The van der Waals surface area contributed by atoms with E-state index in [9.17, 15) is 13.6 Å². The van der Waals surface area contributed by atoms with Gasteiger partial charge >= 0.3 is 6.61 Å². The Morgan fingerprint density at radius 1 is 1.04 bits per heavy atom. The quantitative estimate of drug-likeness (QED) is 0.374. The highest BCUT2D eigenvalue weighted by Crippen LogP contribution is 2.40. The van der Waals surface area contributed by atoms with Crippen LogP contribution in [0, 0.1) is 11.5 Å². The normalized spacial score (nSPS) is 11.8. The first-order chi connectivity index (χ1) is 11.1. The van der Waals surface area contributed by atoms with Gasteiger partial charge in [0.25, 0.3) is 0 Å². The summed E-state index contributed by atoms with van der Waals surface area (Å²) in [5.74, 6) is 3.04. The maximum atomic E-state index is 12.5. The van der Waals surface area contributed by atoms with Gasteiger partial charge in [0.2, 0.25) is 0 Å². The second-order valence-corrected chi connectivity index (χ2v) is 12.5. The van der Waals surface area contributed by atoms with Gasteiger partial charge in [0, 0.05) is 5.56 Å². The van der Waals surface area contributed by atoms with E-state index in [2.05, 4.69) is 57.7 Å². The maximum absolute atomic E-state index is 12.5. The van der Waals surface area contributed by atoms with Crippen molar-refractivity contribution in [2.75, 3.05) is 0 Å². The highest BCUT2D eigenvalue weighted by atomic mass is 28.3. The van der Waals surface area contributed by atoms with Crippen LogP contribution in [0.1, 0.15) is 57.5 Å². The van der Waals surface area contributed by atoms with E-state index < -0.39 is 14.7 Å². The molecule has 0 aliphatic carbocycles. The van der Waals surface area contributed by atoms with Crippen LogP contribution >= 0.6 is 0 Å². The lowest BCUT2D eigenvalue weighted by Crippen LogP contribution is -2.43. The molecule has 24 heavy (non-hydrogen) atoms. The molecule has 1 aromatic rings. The molecular formula is C19H26F2O2Si. The number of hydrogen-bond acceptors (Lipinski definition) is 2. The van der Waals surface area contributed by atoms with Crippen LogP contribution in [0.2, 0.25) is 16.6 Å². The summed E-state index contributed by atoms with van der Waals surface area (Å²) < 4.78 is 29.4. The van der Waals surface area contributed by atoms with Crippen molar-refractivity contribution >= 4 is 14.4 Å². The molecule has 0 radical (unpaired) electrons. The molecule has 0 aromatic heterocycles. The average Bonchev–Trinajstić information content (AvgIpc) is 2.46. The van der Waals surface area contributed by atoms with Gasteiger partial charge in [-0.1, -0.05) is 47.5 Å². The predicted octanol–water partition coefficient (Wildman–Crippen LogP) is 5.67. The molecule has 0 unspecified atom stereocenters. The molecule has 0 bridgehead atoms. The monoisotopic (exact) mass is 352 g/mol. The van der Waals surface area contributed by atoms with Gasteiger partial charge in [0.1, 0.15) is 13.8 Å². The summed E-state index contributed by atoms with van der Waals surface area (Å²) in [6.07, 6.45) is 0.504. The van der Waals surface area contributed by atoms with Gasteiger partial charge in [-0.2, -0.15) is 8.78 Å². The van der Waals surface area contributed by atoms with Crippen LogP contribution in [0.5, 0.6) is 5.75 Å². The summed E-state index contributed by atoms with van der Waals surface area (Å²) in [6, 6.07) is 4.57. The zero-order chi connectivity index (χ0) is 18.5. The van der Waals surface area contributed by atoms with Crippen molar-refractivity contribution in [3.63, 3.8) is 0 Å². The molecule has 132 valence electrons. The van der Waals surface area contributed by atoms with Crippen molar-refractivity contribution in [3.8, 4) is 17.2 Å². The van der Waals surface area contributed by atoms with Crippen molar-refractivity contribution in [2.24, 2.45) is 0 Å². The number of halogens is 2. The SMILES string of the molecule is CC(C)[Si](C#Cc1ccc(C=O)c(OC(F)F)c1)(C(C)C)C(C)C. The van der Waals surface area contributed by atoms with Crippen LogP contribution in [0.4, 0.5) is 8.78 Å². The highest BCUT2D eigenvalue weighted by Gasteiger charge is 2.41. The van der Waals surface area contributed by atoms with Gasteiger partial charge in [-0.25, -0.2) is 0 Å². The number of carbonyl (C=O) groups excluding carboxylic acids is 1. The number of alkyl halides is 2. The van der Waals surface area contributed by atoms with E-state index in [1.165, 1.54) is 12.1 Å². The van der Waals surface area contributed by atoms with E-state index in [-0.39, 0.29) is 11.3 Å². The number of hydrogen-bond donors (Lipinski definition) is 0. The molecule has 0 amide bonds. The summed E-state index contributed by atoms with van der Waals surface area (Å²) in [7, 11) is -1.90. The fraction of sp³-hybridized carbons (Fsp3) is 0.526. The Morgan fingerprint density at radius 3 is 2.00 bits per heavy atom. The fourth-order valence-corrected chi connectivity index (χ4v) is 8.75. The standard InChI is InChI=1S/C19H26F2O2Si/c1-13(2)24(14(3)4,15(5)6)10-9-16-7-8-17(12-22)18(11-16)23-19(20)21/h7-8,11-15,19H,1-6H3. The summed E-state index contributed by atoms with van der Waals surface area (Å²) in [5, 5.41) is 0. The fourth-order valence-electron chi connectivity index (χ4n) is 3.52. The first kappa shape index (κ1) is 20.4. The smallest absolute Gasteiger partial charge is 0.387 e. The van der Waals surface area contributed by atoms with Gasteiger partial charge in [0.15, 0.2) is 6.29 Å². The second-order valence-electron chi connectivity index (χ2n) is 6.90. The molecule has 1 rings (SSSR count). The Morgan fingerprint density at radius 2 is 1.58 bits per heavy atom. The van der Waals surface area contributed by atoms with E-state index >= 15 is 0 Å². The third-order valence-corrected chi connectivity index (χ3v) is 10.9. The van der Waals surface area contributed by atoms with E-state index in [0.29, 0.717) is 28.5 Å². The summed E-state index contributed by atoms with van der Waals surface area (Å²) in [4.78, 5) is 11.0. The van der Waals surface area contributed by atoms with E-state index in [1.54, 1.807) is 6.07 Å². The first-order valence-corrected chi connectivity index (χ1v) is 10.5. The first-order valence-electron chi connectivity index (χ1n) is 8.22. The van der Waals surface area contributed by atoms with Crippen LogP contribution in [0.3, 0.4) is 0 Å². The second kappa shape index (κ2) is 8.43. The lowest BCUT2D eigenvalue weighted by Gasteiger charge is -2.38. The van der Waals surface area contributed by atoms with Gasteiger partial charge < -0.3 is 4.74 Å². The average molecular weight is 352 g/mol. The summed E-state index contributed by atoms with van der Waals surface area (Å²) >= 11 is 0. The van der Waals surface area contributed by atoms with Crippen molar-refractivity contribution in [1.29, 1.82) is 0 Å². The number of carbonyl (C=O) groups is 1. The third-order valence-electron chi connectivity index (χ3n) is 4.65. The Labute approximate surface area is 144 Å². The molecule has 0 atom stereocenters. The number of aldehydes is 1. The Kier molecular flexibility index (Phi) is 7.16. The molecule has 0 heterocycles. The Balaban J connectivity index is 3.34. The molecule has 1 aromatic carbocycles. The highest BCUT2D eigenvalue weighted by molar-refractivity contribution is 6.90. The van der Waals surface area contributed by atoms with Crippen LogP contribution in [0.15, 0.2) is 18.2 Å². The Bertz CT molecular complexity index is 606. The molecule has 0 N–H and O–H groups in total. The van der Waals surface area contributed by atoms with Crippen LogP contribution in [-0.4, -0.2) is 21.0 Å². The maximum Gasteiger partial charge on any atom is 0.387 e. The number of ether oxygens (including phenoxy) is 1. The largest absolute Gasteiger partial charge is 0.434 e. The van der Waals surface area contributed by atoms with E-state index in [1.807, 2.05) is 0 Å². The van der Waals surface area contributed by atoms with Crippen molar-refractivity contribution in [3.05, 3.63) is 29.3 Å². The molecule has 0 spiro atoms. The van der Waals surface area contributed by atoms with Crippen molar-refractivity contribution in [2.45, 2.75) is 64.8 Å². The van der Waals surface area contributed by atoms with Crippen molar-refractivity contribution < 1.29 is 18.3 Å². The lowest BCUT2D eigenvalue weighted by atomic mass is 10.1.